The molecule has 1 aromatic carbocycles. The Morgan fingerprint density at radius 3 is 2.44 bits per heavy atom. The van der Waals surface area contributed by atoms with Gasteiger partial charge in [0.2, 0.25) is 0 Å². The van der Waals surface area contributed by atoms with E-state index < -0.39 is 0 Å². The summed E-state index contributed by atoms with van der Waals surface area (Å²) in [5.41, 5.74) is 0.773. The minimum Gasteiger partial charge on any atom is -0.497 e. The average molecular weight is 247 g/mol. The number of hydrogen-bond donors (Lipinski definition) is 0. The number of likely N-dealkylation sites (tertiary alicyclic amines) is 1. The number of carbonyl (C=O) groups excluding carboxylic acids is 1. The van der Waals surface area contributed by atoms with Crippen LogP contribution in [-0.2, 0) is 0 Å². The Hall–Kier alpha value is -1.35. The maximum atomic E-state index is 12.1. The van der Waals surface area contributed by atoms with E-state index in [1.54, 1.807) is 7.11 Å². The zero-order chi connectivity index (χ0) is 13.0. The molecule has 18 heavy (non-hydrogen) atoms. The molecule has 0 aromatic heterocycles. The Bertz CT molecular complexity index is 391. The van der Waals surface area contributed by atoms with Gasteiger partial charge in [0.15, 0.2) is 5.78 Å². The maximum absolute atomic E-state index is 12.1. The zero-order valence-electron chi connectivity index (χ0n) is 11.2. The van der Waals surface area contributed by atoms with Crippen molar-refractivity contribution in [1.29, 1.82) is 0 Å². The lowest BCUT2D eigenvalue weighted by Gasteiger charge is -2.29. The van der Waals surface area contributed by atoms with Gasteiger partial charge in [0, 0.05) is 5.56 Å². The van der Waals surface area contributed by atoms with Crippen LogP contribution in [0.5, 0.6) is 5.75 Å². The van der Waals surface area contributed by atoms with E-state index in [-0.39, 0.29) is 5.78 Å². The van der Waals surface area contributed by atoms with Crippen LogP contribution in [-0.4, -0.2) is 37.4 Å². The second-order valence-electron chi connectivity index (χ2n) is 5.11. The Morgan fingerprint density at radius 2 is 1.89 bits per heavy atom. The van der Waals surface area contributed by atoms with E-state index in [4.69, 9.17) is 4.74 Å². The first-order valence-electron chi connectivity index (χ1n) is 6.58. The Morgan fingerprint density at radius 1 is 1.28 bits per heavy atom. The molecule has 1 fully saturated rings. The highest BCUT2D eigenvalue weighted by Crippen LogP contribution is 2.17. The molecule has 0 saturated carbocycles. The summed E-state index contributed by atoms with van der Waals surface area (Å²) < 4.78 is 5.09. The van der Waals surface area contributed by atoms with Crippen molar-refractivity contribution in [3.8, 4) is 5.75 Å². The first-order chi connectivity index (χ1) is 8.69. The molecule has 0 spiro atoms. The number of benzene rings is 1. The molecule has 0 aliphatic carbocycles. The number of hydrogen-bond acceptors (Lipinski definition) is 3. The fourth-order valence-electron chi connectivity index (χ4n) is 2.29. The van der Waals surface area contributed by atoms with E-state index in [1.165, 1.54) is 12.8 Å². The Labute approximate surface area is 109 Å². The van der Waals surface area contributed by atoms with Crippen LogP contribution >= 0.6 is 0 Å². The highest BCUT2D eigenvalue weighted by molar-refractivity contribution is 5.97. The molecule has 0 amide bonds. The van der Waals surface area contributed by atoms with Gasteiger partial charge in [-0.15, -0.1) is 0 Å². The molecule has 3 heteroatoms. The number of methoxy groups -OCH3 is 1. The number of ketones is 1. The number of ether oxygens (including phenoxy) is 1. The van der Waals surface area contributed by atoms with Crippen molar-refractivity contribution in [2.75, 3.05) is 26.7 Å². The summed E-state index contributed by atoms with van der Waals surface area (Å²) in [5.74, 6) is 1.79. The molecule has 3 nitrogen and oxygen atoms in total. The van der Waals surface area contributed by atoms with Crippen LogP contribution in [0.2, 0.25) is 0 Å². The molecule has 98 valence electrons. The van der Waals surface area contributed by atoms with Crippen molar-refractivity contribution in [2.24, 2.45) is 5.92 Å². The molecule has 1 heterocycles. The highest BCUT2D eigenvalue weighted by atomic mass is 16.5. The van der Waals surface area contributed by atoms with Gasteiger partial charge in [-0.05, 0) is 56.1 Å². The number of carbonyl (C=O) groups is 1. The number of piperidine rings is 1. The van der Waals surface area contributed by atoms with Crippen molar-refractivity contribution in [3.05, 3.63) is 29.8 Å². The minimum absolute atomic E-state index is 0.201. The molecule has 1 saturated heterocycles. The number of nitrogens with zero attached hydrogens (tertiary/aromatic N) is 1. The van der Waals surface area contributed by atoms with Crippen LogP contribution in [0.1, 0.15) is 30.1 Å². The summed E-state index contributed by atoms with van der Waals surface area (Å²) in [6.45, 7) is 4.91. The second-order valence-corrected chi connectivity index (χ2v) is 5.11. The van der Waals surface area contributed by atoms with Crippen molar-refractivity contribution in [1.82, 2.24) is 4.90 Å². The van der Waals surface area contributed by atoms with Gasteiger partial charge >= 0.3 is 0 Å². The first kappa shape index (κ1) is 13.1. The molecule has 0 unspecified atom stereocenters. The first-order valence-corrected chi connectivity index (χ1v) is 6.58. The van der Waals surface area contributed by atoms with Crippen LogP contribution < -0.4 is 4.74 Å². The maximum Gasteiger partial charge on any atom is 0.176 e. The average Bonchev–Trinajstić information content (AvgIpc) is 2.41. The van der Waals surface area contributed by atoms with E-state index in [0.717, 1.165) is 30.3 Å². The number of Topliss-reactive ketones (excluding diaryl/α,β-unsaturated/α-hetero) is 1. The Balaban J connectivity index is 1.90. The van der Waals surface area contributed by atoms with E-state index in [1.807, 2.05) is 24.3 Å². The third-order valence-electron chi connectivity index (χ3n) is 3.66. The van der Waals surface area contributed by atoms with Gasteiger partial charge in [-0.1, -0.05) is 6.92 Å². The van der Waals surface area contributed by atoms with Gasteiger partial charge < -0.3 is 4.74 Å². The quantitative estimate of drug-likeness (QED) is 0.766. The van der Waals surface area contributed by atoms with Crippen LogP contribution in [0.3, 0.4) is 0 Å². The molecular formula is C15H21NO2. The summed E-state index contributed by atoms with van der Waals surface area (Å²) in [6.07, 6.45) is 2.41. The third kappa shape index (κ3) is 3.33. The van der Waals surface area contributed by atoms with Gasteiger partial charge in [0.1, 0.15) is 5.75 Å². The predicted octanol–water partition coefficient (Wildman–Crippen LogP) is 2.61. The standard InChI is InChI=1S/C15H21NO2/c1-12-7-9-16(10-8-12)11-15(17)13-3-5-14(18-2)6-4-13/h3-6,12H,7-11H2,1-2H3. The molecule has 1 aliphatic rings. The molecule has 0 N–H and O–H groups in total. The van der Waals surface area contributed by atoms with Gasteiger partial charge in [-0.2, -0.15) is 0 Å². The molecule has 1 aromatic rings. The van der Waals surface area contributed by atoms with E-state index in [2.05, 4.69) is 11.8 Å². The molecule has 1 aliphatic heterocycles. The zero-order valence-corrected chi connectivity index (χ0v) is 11.2. The fourth-order valence-corrected chi connectivity index (χ4v) is 2.29. The molecule has 0 radical (unpaired) electrons. The summed E-state index contributed by atoms with van der Waals surface area (Å²) in [6, 6.07) is 7.36. The van der Waals surface area contributed by atoms with Crippen molar-refractivity contribution in [3.63, 3.8) is 0 Å². The van der Waals surface area contributed by atoms with Crippen LogP contribution in [0.4, 0.5) is 0 Å². The van der Waals surface area contributed by atoms with Gasteiger partial charge in [-0.3, -0.25) is 9.69 Å². The van der Waals surface area contributed by atoms with E-state index in [0.29, 0.717) is 6.54 Å². The monoisotopic (exact) mass is 247 g/mol. The van der Waals surface area contributed by atoms with E-state index in [9.17, 15) is 4.79 Å². The normalized spacial score (nSPS) is 17.7. The lowest BCUT2D eigenvalue weighted by Crippen LogP contribution is -2.36. The second kappa shape index (κ2) is 6.01. The SMILES string of the molecule is COc1ccc(C(=O)CN2CCC(C)CC2)cc1. The lowest BCUT2D eigenvalue weighted by molar-refractivity contribution is 0.0900. The van der Waals surface area contributed by atoms with Gasteiger partial charge in [-0.25, -0.2) is 0 Å². The Kier molecular flexibility index (Phi) is 4.37. The summed E-state index contributed by atoms with van der Waals surface area (Å²) in [5, 5.41) is 0. The topological polar surface area (TPSA) is 29.5 Å². The van der Waals surface area contributed by atoms with Crippen LogP contribution in [0.25, 0.3) is 0 Å². The van der Waals surface area contributed by atoms with Gasteiger partial charge in [0.05, 0.1) is 13.7 Å². The summed E-state index contributed by atoms with van der Waals surface area (Å²) >= 11 is 0. The predicted molar refractivity (Wildman–Crippen MR) is 72.2 cm³/mol. The van der Waals surface area contributed by atoms with Crippen molar-refractivity contribution in [2.45, 2.75) is 19.8 Å². The van der Waals surface area contributed by atoms with E-state index >= 15 is 0 Å². The van der Waals surface area contributed by atoms with Crippen LogP contribution in [0, 0.1) is 5.92 Å². The van der Waals surface area contributed by atoms with Gasteiger partial charge in [0.25, 0.3) is 0 Å². The molecular weight excluding hydrogens is 226 g/mol. The highest BCUT2D eigenvalue weighted by Gasteiger charge is 2.18. The molecule has 2 rings (SSSR count). The summed E-state index contributed by atoms with van der Waals surface area (Å²) in [7, 11) is 1.63. The van der Waals surface area contributed by atoms with Crippen molar-refractivity contribution >= 4 is 5.78 Å². The smallest absolute Gasteiger partial charge is 0.176 e. The molecule has 0 bridgehead atoms. The fraction of sp³-hybridized carbons (Fsp3) is 0.533. The number of rotatable bonds is 4. The largest absolute Gasteiger partial charge is 0.497 e. The third-order valence-corrected chi connectivity index (χ3v) is 3.66. The minimum atomic E-state index is 0.201. The van der Waals surface area contributed by atoms with Crippen LogP contribution in [0.15, 0.2) is 24.3 Å². The van der Waals surface area contributed by atoms with Crippen molar-refractivity contribution < 1.29 is 9.53 Å². The lowest BCUT2D eigenvalue weighted by atomic mass is 9.99. The summed E-state index contributed by atoms with van der Waals surface area (Å²) in [4.78, 5) is 14.4. The molecule has 0 atom stereocenters.